The van der Waals surface area contributed by atoms with Crippen LogP contribution in [-0.2, 0) is 14.6 Å². The van der Waals surface area contributed by atoms with Crippen molar-refractivity contribution in [1.29, 1.82) is 0 Å². The van der Waals surface area contributed by atoms with Gasteiger partial charge in [-0.25, -0.2) is 12.8 Å². The Labute approximate surface area is 124 Å². The lowest BCUT2D eigenvalue weighted by Crippen LogP contribution is -2.48. The Morgan fingerprint density at radius 3 is 2.76 bits per heavy atom. The first-order valence-corrected chi connectivity index (χ1v) is 8.74. The molecule has 5 nitrogen and oxygen atoms in total. The first kappa shape index (κ1) is 15.9. The topological polar surface area (TPSA) is 66.5 Å². The fourth-order valence-corrected chi connectivity index (χ4v) is 3.92. The molecule has 1 N–H and O–H groups in total. The van der Waals surface area contributed by atoms with Gasteiger partial charge in [-0.05, 0) is 19.1 Å². The summed E-state index contributed by atoms with van der Waals surface area (Å²) in [4.78, 5) is 13.7. The molecule has 1 heterocycles. The first-order valence-electron chi connectivity index (χ1n) is 6.91. The van der Waals surface area contributed by atoms with Crippen LogP contribution < -0.4 is 10.2 Å². The molecule has 0 aliphatic carbocycles. The van der Waals surface area contributed by atoms with Gasteiger partial charge < -0.3 is 10.2 Å². The van der Waals surface area contributed by atoms with E-state index in [1.54, 1.807) is 25.1 Å². The van der Waals surface area contributed by atoms with Gasteiger partial charge in [-0.2, -0.15) is 0 Å². The first-order chi connectivity index (χ1) is 9.93. The normalized spacial score (nSPS) is 21.0. The highest BCUT2D eigenvalue weighted by atomic mass is 32.2. The largest absolute Gasteiger partial charge is 0.311 e. The lowest BCUT2D eigenvalue weighted by atomic mass is 10.2. The third-order valence-electron chi connectivity index (χ3n) is 3.48. The van der Waals surface area contributed by atoms with E-state index in [0.29, 0.717) is 13.1 Å². The summed E-state index contributed by atoms with van der Waals surface area (Å²) in [5.41, 5.74) is 0.226. The van der Waals surface area contributed by atoms with Crippen molar-refractivity contribution in [3.8, 4) is 0 Å². The molecule has 1 fully saturated rings. The van der Waals surface area contributed by atoms with Gasteiger partial charge in [0.1, 0.15) is 5.82 Å². The van der Waals surface area contributed by atoms with Crippen LogP contribution in [0.25, 0.3) is 0 Å². The molecule has 1 unspecified atom stereocenters. The Hall–Kier alpha value is -1.47. The molecule has 7 heteroatoms. The van der Waals surface area contributed by atoms with E-state index in [4.69, 9.17) is 0 Å². The Kier molecular flexibility index (Phi) is 4.95. The third-order valence-corrected chi connectivity index (χ3v) is 5.22. The lowest BCUT2D eigenvalue weighted by Gasteiger charge is -2.27. The van der Waals surface area contributed by atoms with Crippen LogP contribution in [0.5, 0.6) is 0 Å². The van der Waals surface area contributed by atoms with Crippen LogP contribution in [0.15, 0.2) is 24.3 Å². The summed E-state index contributed by atoms with van der Waals surface area (Å²) in [5, 5.41) is 3.03. The van der Waals surface area contributed by atoms with Crippen LogP contribution in [0.1, 0.15) is 13.3 Å². The monoisotopic (exact) mass is 314 g/mol. The molecule has 1 aromatic rings. The minimum absolute atomic E-state index is 0.0431. The lowest BCUT2D eigenvalue weighted by molar-refractivity contribution is -0.119. The molecule has 21 heavy (non-hydrogen) atoms. The number of halogens is 1. The zero-order chi connectivity index (χ0) is 15.5. The molecule has 0 radical (unpaired) electrons. The number of benzene rings is 1. The number of anilines is 1. The molecule has 1 aliphatic rings. The Bertz CT molecular complexity index is 618. The smallest absolute Gasteiger partial charge is 0.228 e. The zero-order valence-electron chi connectivity index (χ0n) is 11.9. The highest BCUT2D eigenvalue weighted by Gasteiger charge is 2.28. The third kappa shape index (κ3) is 4.01. The summed E-state index contributed by atoms with van der Waals surface area (Å²) in [6, 6.07) is 5.66. The molecular formula is C14H19FN2O3S. The standard InChI is InChI=1S/C14H19FN2O3S/c1-2-17(13-6-4-3-5-12(13)15)14(18)9-11-10-21(19,20)8-7-16-11/h3-6,11,16H,2,7-10H2,1H3. The van der Waals surface area contributed by atoms with Crippen molar-refractivity contribution in [2.45, 2.75) is 19.4 Å². The quantitative estimate of drug-likeness (QED) is 0.899. The number of nitrogens with zero attached hydrogens (tertiary/aromatic N) is 1. The minimum atomic E-state index is -3.09. The summed E-state index contributed by atoms with van der Waals surface area (Å²) in [6.45, 7) is 2.45. The van der Waals surface area contributed by atoms with E-state index >= 15 is 0 Å². The number of amides is 1. The number of para-hydroxylation sites is 1. The van der Waals surface area contributed by atoms with Crippen LogP contribution in [0.2, 0.25) is 0 Å². The van der Waals surface area contributed by atoms with E-state index in [-0.39, 0.29) is 29.5 Å². The van der Waals surface area contributed by atoms with Crippen LogP contribution in [0.4, 0.5) is 10.1 Å². The molecule has 1 saturated heterocycles. The number of carbonyl (C=O) groups is 1. The van der Waals surface area contributed by atoms with Gasteiger partial charge in [0, 0.05) is 25.6 Å². The van der Waals surface area contributed by atoms with E-state index in [1.165, 1.54) is 11.0 Å². The van der Waals surface area contributed by atoms with Crippen molar-refractivity contribution < 1.29 is 17.6 Å². The summed E-state index contributed by atoms with van der Waals surface area (Å²) in [7, 11) is -3.09. The van der Waals surface area contributed by atoms with E-state index in [0.717, 1.165) is 0 Å². The Balaban J connectivity index is 2.09. The number of carbonyl (C=O) groups excluding carboxylic acids is 1. The molecule has 2 rings (SSSR count). The molecule has 0 bridgehead atoms. The van der Waals surface area contributed by atoms with E-state index in [1.807, 2.05) is 0 Å². The molecule has 1 aliphatic heterocycles. The minimum Gasteiger partial charge on any atom is -0.311 e. The van der Waals surface area contributed by atoms with E-state index in [2.05, 4.69) is 5.32 Å². The van der Waals surface area contributed by atoms with Crippen LogP contribution in [-0.4, -0.2) is 45.0 Å². The summed E-state index contributed by atoms with van der Waals surface area (Å²) < 4.78 is 36.9. The maximum Gasteiger partial charge on any atom is 0.228 e. The number of nitrogens with one attached hydrogen (secondary N) is 1. The fraction of sp³-hybridized carbons (Fsp3) is 0.500. The van der Waals surface area contributed by atoms with Gasteiger partial charge in [0.15, 0.2) is 9.84 Å². The van der Waals surface area contributed by atoms with Gasteiger partial charge in [-0.1, -0.05) is 12.1 Å². The second-order valence-electron chi connectivity index (χ2n) is 5.06. The van der Waals surface area contributed by atoms with Crippen LogP contribution in [0.3, 0.4) is 0 Å². The molecule has 1 amide bonds. The van der Waals surface area contributed by atoms with Crippen molar-refractivity contribution in [2.24, 2.45) is 0 Å². The Morgan fingerprint density at radius 1 is 1.43 bits per heavy atom. The van der Waals surface area contributed by atoms with E-state index in [9.17, 15) is 17.6 Å². The molecule has 1 atom stereocenters. The highest BCUT2D eigenvalue weighted by Crippen LogP contribution is 2.20. The predicted molar refractivity (Wildman–Crippen MR) is 79.5 cm³/mol. The molecule has 116 valence electrons. The van der Waals surface area contributed by atoms with Crippen molar-refractivity contribution in [3.63, 3.8) is 0 Å². The van der Waals surface area contributed by atoms with Gasteiger partial charge in [-0.3, -0.25) is 4.79 Å². The summed E-state index contributed by atoms with van der Waals surface area (Å²) in [6.07, 6.45) is 0.0431. The van der Waals surface area contributed by atoms with Gasteiger partial charge in [0.25, 0.3) is 0 Å². The van der Waals surface area contributed by atoms with Gasteiger partial charge in [0.2, 0.25) is 5.91 Å². The molecule has 0 saturated carbocycles. The van der Waals surface area contributed by atoms with Crippen molar-refractivity contribution in [2.75, 3.05) is 29.5 Å². The van der Waals surface area contributed by atoms with Crippen molar-refractivity contribution >= 4 is 21.4 Å². The van der Waals surface area contributed by atoms with E-state index < -0.39 is 21.7 Å². The predicted octanol–water partition coefficient (Wildman–Crippen LogP) is 0.955. The molecule has 0 spiro atoms. The molecular weight excluding hydrogens is 295 g/mol. The van der Waals surface area contributed by atoms with Crippen molar-refractivity contribution in [1.82, 2.24) is 5.32 Å². The summed E-state index contributed by atoms with van der Waals surface area (Å²) >= 11 is 0. The SMILES string of the molecule is CCN(C(=O)CC1CS(=O)(=O)CCN1)c1ccccc1F. The van der Waals surface area contributed by atoms with Crippen LogP contribution in [0, 0.1) is 5.82 Å². The van der Waals surface area contributed by atoms with Crippen molar-refractivity contribution in [3.05, 3.63) is 30.1 Å². The number of rotatable bonds is 4. The molecule has 1 aromatic carbocycles. The van der Waals surface area contributed by atoms with Gasteiger partial charge >= 0.3 is 0 Å². The average Bonchev–Trinajstić information content (AvgIpc) is 2.40. The highest BCUT2D eigenvalue weighted by molar-refractivity contribution is 7.91. The second kappa shape index (κ2) is 6.53. The Morgan fingerprint density at radius 2 is 2.14 bits per heavy atom. The molecule has 0 aromatic heterocycles. The zero-order valence-corrected chi connectivity index (χ0v) is 12.7. The van der Waals surface area contributed by atoms with Gasteiger partial charge in [-0.15, -0.1) is 0 Å². The number of hydrogen-bond acceptors (Lipinski definition) is 4. The maximum absolute atomic E-state index is 13.8. The summed E-state index contributed by atoms with van der Waals surface area (Å²) in [5.74, 6) is -0.690. The van der Waals surface area contributed by atoms with Gasteiger partial charge in [0.05, 0.1) is 17.2 Å². The number of hydrogen-bond donors (Lipinski definition) is 1. The average molecular weight is 314 g/mol. The van der Waals surface area contributed by atoms with Crippen LogP contribution >= 0.6 is 0 Å². The number of sulfone groups is 1. The fourth-order valence-electron chi connectivity index (χ4n) is 2.47. The maximum atomic E-state index is 13.8. The second-order valence-corrected chi connectivity index (χ2v) is 7.29.